The van der Waals surface area contributed by atoms with Crippen molar-refractivity contribution in [2.45, 2.75) is 19.4 Å². The van der Waals surface area contributed by atoms with Gasteiger partial charge in [-0.3, -0.25) is 14.3 Å². The first kappa shape index (κ1) is 20.5. The SMILES string of the molecule is O=C(CCn1ncc(=O)c2ccccc21)Nc1ncc(Cc2ccc(Cl)cc2Cl)s1. The smallest absolute Gasteiger partial charge is 0.228 e. The molecule has 1 N–H and O–H groups in total. The molecule has 0 unspecified atom stereocenters. The lowest BCUT2D eigenvalue weighted by atomic mass is 10.1. The lowest BCUT2D eigenvalue weighted by Crippen LogP contribution is -2.17. The Labute approximate surface area is 186 Å². The minimum atomic E-state index is -0.176. The first-order chi connectivity index (χ1) is 14.5. The Kier molecular flexibility index (Phi) is 6.13. The number of thiazole rings is 1. The average molecular weight is 459 g/mol. The second kappa shape index (κ2) is 8.95. The molecule has 0 aliphatic rings. The zero-order valence-electron chi connectivity index (χ0n) is 15.6. The van der Waals surface area contributed by atoms with Crippen LogP contribution in [0.5, 0.6) is 0 Å². The van der Waals surface area contributed by atoms with E-state index in [1.165, 1.54) is 17.5 Å². The van der Waals surface area contributed by atoms with Crippen molar-refractivity contribution in [2.75, 3.05) is 5.32 Å². The van der Waals surface area contributed by atoms with Crippen molar-refractivity contribution in [3.05, 3.63) is 85.6 Å². The number of hydrogen-bond acceptors (Lipinski definition) is 5. The molecule has 2 heterocycles. The number of nitrogens with one attached hydrogen (secondary N) is 1. The van der Waals surface area contributed by atoms with E-state index >= 15 is 0 Å². The van der Waals surface area contributed by atoms with E-state index in [0.717, 1.165) is 10.4 Å². The number of halogens is 2. The molecular formula is C21H16Cl2N4O2S. The number of rotatable bonds is 6. The zero-order chi connectivity index (χ0) is 21.1. The van der Waals surface area contributed by atoms with Gasteiger partial charge in [-0.05, 0) is 29.8 Å². The Hall–Kier alpha value is -2.74. The molecule has 0 saturated heterocycles. The van der Waals surface area contributed by atoms with Crippen molar-refractivity contribution in [1.29, 1.82) is 0 Å². The third-order valence-corrected chi connectivity index (χ3v) is 5.99. The summed E-state index contributed by atoms with van der Waals surface area (Å²) in [6, 6.07) is 12.6. The second-order valence-corrected chi connectivity index (χ2v) is 8.55. The summed E-state index contributed by atoms with van der Waals surface area (Å²) < 4.78 is 1.66. The van der Waals surface area contributed by atoms with E-state index in [1.54, 1.807) is 35.1 Å². The quantitative estimate of drug-likeness (QED) is 0.450. The normalized spacial score (nSPS) is 11.0. The molecule has 0 saturated carbocycles. The van der Waals surface area contributed by atoms with E-state index in [9.17, 15) is 9.59 Å². The van der Waals surface area contributed by atoms with E-state index in [4.69, 9.17) is 23.2 Å². The van der Waals surface area contributed by atoms with Gasteiger partial charge in [0.2, 0.25) is 11.3 Å². The van der Waals surface area contributed by atoms with Crippen molar-refractivity contribution < 1.29 is 4.79 Å². The third kappa shape index (κ3) is 4.70. The van der Waals surface area contributed by atoms with Gasteiger partial charge in [-0.25, -0.2) is 4.98 Å². The number of carbonyl (C=O) groups excluding carboxylic acids is 1. The van der Waals surface area contributed by atoms with Gasteiger partial charge in [-0.2, -0.15) is 5.10 Å². The standard InChI is InChI=1S/C21H16Cl2N4O2S/c22-14-6-5-13(17(23)10-14)9-15-11-24-21(30-15)26-20(29)7-8-27-18-4-2-1-3-16(18)19(28)12-25-27/h1-6,10-12H,7-9H2,(H,24,26,29). The maximum Gasteiger partial charge on any atom is 0.228 e. The highest BCUT2D eigenvalue weighted by Gasteiger charge is 2.10. The molecule has 30 heavy (non-hydrogen) atoms. The van der Waals surface area contributed by atoms with Crippen molar-refractivity contribution in [2.24, 2.45) is 0 Å². The van der Waals surface area contributed by atoms with Gasteiger partial charge >= 0.3 is 0 Å². The molecule has 0 aliphatic carbocycles. The molecule has 2 aromatic heterocycles. The first-order valence-corrected chi connectivity index (χ1v) is 10.7. The van der Waals surface area contributed by atoms with E-state index < -0.39 is 0 Å². The van der Waals surface area contributed by atoms with Crippen LogP contribution < -0.4 is 10.7 Å². The molecule has 4 aromatic rings. The number of anilines is 1. The topological polar surface area (TPSA) is 76.9 Å². The highest BCUT2D eigenvalue weighted by atomic mass is 35.5. The third-order valence-electron chi connectivity index (χ3n) is 4.49. The van der Waals surface area contributed by atoms with Crippen molar-refractivity contribution in [3.63, 3.8) is 0 Å². The van der Waals surface area contributed by atoms with Crippen LogP contribution >= 0.6 is 34.5 Å². The van der Waals surface area contributed by atoms with Crippen LogP contribution in [0.25, 0.3) is 10.9 Å². The van der Waals surface area contributed by atoms with E-state index in [2.05, 4.69) is 15.4 Å². The van der Waals surface area contributed by atoms with Crippen molar-refractivity contribution >= 4 is 56.5 Å². The monoisotopic (exact) mass is 458 g/mol. The van der Waals surface area contributed by atoms with Crippen LogP contribution in [0.15, 0.2) is 59.7 Å². The lowest BCUT2D eigenvalue weighted by molar-refractivity contribution is -0.116. The highest BCUT2D eigenvalue weighted by molar-refractivity contribution is 7.15. The molecule has 0 aliphatic heterocycles. The minimum absolute atomic E-state index is 0.137. The lowest BCUT2D eigenvalue weighted by Gasteiger charge is -2.08. The van der Waals surface area contributed by atoms with Gasteiger partial charge in [0.15, 0.2) is 5.13 Å². The molecule has 0 atom stereocenters. The molecule has 1 amide bonds. The summed E-state index contributed by atoms with van der Waals surface area (Å²) in [5.74, 6) is -0.176. The summed E-state index contributed by atoms with van der Waals surface area (Å²) in [6.45, 7) is 0.352. The average Bonchev–Trinajstić information content (AvgIpc) is 3.16. The number of fused-ring (bicyclic) bond motifs is 1. The van der Waals surface area contributed by atoms with Crippen LogP contribution in [0.1, 0.15) is 16.9 Å². The van der Waals surface area contributed by atoms with Gasteiger partial charge in [0, 0.05) is 39.3 Å². The van der Waals surface area contributed by atoms with Gasteiger partial charge in [0.25, 0.3) is 0 Å². The molecule has 6 nitrogen and oxygen atoms in total. The maximum atomic E-state index is 12.4. The summed E-state index contributed by atoms with van der Waals surface area (Å²) in [4.78, 5) is 29.5. The molecule has 152 valence electrons. The Morgan fingerprint density at radius 3 is 2.80 bits per heavy atom. The minimum Gasteiger partial charge on any atom is -0.302 e. The van der Waals surface area contributed by atoms with Gasteiger partial charge in [-0.1, -0.05) is 41.4 Å². The van der Waals surface area contributed by atoms with Crippen molar-refractivity contribution in [3.8, 4) is 0 Å². The summed E-state index contributed by atoms with van der Waals surface area (Å²) in [5, 5.41) is 9.25. The Bertz CT molecular complexity index is 1290. The second-order valence-electron chi connectivity index (χ2n) is 6.59. The number of carbonyl (C=O) groups is 1. The van der Waals surface area contributed by atoms with Gasteiger partial charge < -0.3 is 5.32 Å². The summed E-state index contributed by atoms with van der Waals surface area (Å²) in [6.07, 6.45) is 3.81. The highest BCUT2D eigenvalue weighted by Crippen LogP contribution is 2.27. The number of para-hydroxylation sites is 1. The Balaban J connectivity index is 1.38. The molecule has 0 spiro atoms. The molecule has 0 bridgehead atoms. The van der Waals surface area contributed by atoms with Crippen LogP contribution in [-0.4, -0.2) is 20.7 Å². The summed E-state index contributed by atoms with van der Waals surface area (Å²) >= 11 is 13.6. The number of amides is 1. The fourth-order valence-electron chi connectivity index (χ4n) is 3.03. The molecular weight excluding hydrogens is 443 g/mol. The van der Waals surface area contributed by atoms with Crippen LogP contribution in [0.4, 0.5) is 5.13 Å². The Morgan fingerprint density at radius 2 is 1.97 bits per heavy atom. The van der Waals surface area contributed by atoms with E-state index in [-0.39, 0.29) is 17.8 Å². The van der Waals surface area contributed by atoms with Crippen LogP contribution in [0, 0.1) is 0 Å². The van der Waals surface area contributed by atoms with Crippen LogP contribution in [0.3, 0.4) is 0 Å². The predicted octanol–water partition coefficient (Wildman–Crippen LogP) is 4.78. The number of aryl methyl sites for hydroxylation is 1. The fourth-order valence-corrected chi connectivity index (χ4v) is 4.36. The molecule has 2 aromatic carbocycles. The van der Waals surface area contributed by atoms with Gasteiger partial charge in [-0.15, -0.1) is 11.3 Å². The first-order valence-electron chi connectivity index (χ1n) is 9.13. The maximum absolute atomic E-state index is 12.4. The molecule has 9 heteroatoms. The van der Waals surface area contributed by atoms with Gasteiger partial charge in [0.05, 0.1) is 18.3 Å². The summed E-state index contributed by atoms with van der Waals surface area (Å²) in [5.41, 5.74) is 1.51. The van der Waals surface area contributed by atoms with E-state index in [1.807, 2.05) is 18.2 Å². The summed E-state index contributed by atoms with van der Waals surface area (Å²) in [7, 11) is 0. The van der Waals surface area contributed by atoms with Crippen LogP contribution in [-0.2, 0) is 17.8 Å². The molecule has 0 fully saturated rings. The predicted molar refractivity (Wildman–Crippen MR) is 121 cm³/mol. The number of benzene rings is 2. The molecule has 4 rings (SSSR count). The van der Waals surface area contributed by atoms with Crippen LogP contribution in [0.2, 0.25) is 10.0 Å². The number of nitrogens with zero attached hydrogens (tertiary/aromatic N) is 3. The molecule has 0 radical (unpaired) electrons. The zero-order valence-corrected chi connectivity index (χ0v) is 18.0. The fraction of sp³-hybridized carbons (Fsp3) is 0.143. The number of aromatic nitrogens is 3. The van der Waals surface area contributed by atoms with Gasteiger partial charge in [0.1, 0.15) is 0 Å². The number of hydrogen-bond donors (Lipinski definition) is 1. The Morgan fingerprint density at radius 1 is 1.13 bits per heavy atom. The van der Waals surface area contributed by atoms with E-state index in [0.29, 0.717) is 39.0 Å². The van der Waals surface area contributed by atoms with Crippen molar-refractivity contribution in [1.82, 2.24) is 14.8 Å². The largest absolute Gasteiger partial charge is 0.302 e.